The van der Waals surface area contributed by atoms with E-state index in [2.05, 4.69) is 10.2 Å². The monoisotopic (exact) mass is 434 g/mol. The second kappa shape index (κ2) is 9.86. The fraction of sp³-hybridized carbons (Fsp3) is 0.381. The van der Waals surface area contributed by atoms with Crippen LogP contribution in [0.2, 0.25) is 5.02 Å². The summed E-state index contributed by atoms with van der Waals surface area (Å²) in [6, 6.07) is 10.6. The van der Waals surface area contributed by atoms with Gasteiger partial charge in [0.1, 0.15) is 11.5 Å². The molecule has 1 aliphatic rings. The molecule has 2 aromatic rings. The van der Waals surface area contributed by atoms with Crippen LogP contribution in [-0.2, 0) is 11.2 Å². The van der Waals surface area contributed by atoms with Gasteiger partial charge in [0.15, 0.2) is 0 Å². The van der Waals surface area contributed by atoms with Crippen molar-refractivity contribution in [2.24, 2.45) is 0 Å². The topological polar surface area (TPSA) is 78.7 Å². The van der Waals surface area contributed by atoms with Crippen LogP contribution in [0.4, 0.5) is 15.8 Å². The van der Waals surface area contributed by atoms with Gasteiger partial charge in [-0.1, -0.05) is 23.7 Å². The van der Waals surface area contributed by atoms with Gasteiger partial charge in [-0.2, -0.15) is 0 Å². The molecule has 1 aliphatic heterocycles. The van der Waals surface area contributed by atoms with E-state index in [1.54, 1.807) is 24.3 Å². The first-order valence-electron chi connectivity index (χ1n) is 9.80. The van der Waals surface area contributed by atoms with E-state index in [0.717, 1.165) is 5.56 Å². The summed E-state index contributed by atoms with van der Waals surface area (Å²) in [4.78, 5) is 27.4. The van der Waals surface area contributed by atoms with Crippen molar-refractivity contribution >= 4 is 28.9 Å². The lowest BCUT2D eigenvalue weighted by molar-refractivity contribution is -0.384. The number of nitrogens with one attached hydrogen (secondary N) is 1. The number of nitro groups is 1. The van der Waals surface area contributed by atoms with Crippen molar-refractivity contribution in [1.82, 2.24) is 10.2 Å². The van der Waals surface area contributed by atoms with Crippen LogP contribution in [-0.4, -0.2) is 54.5 Å². The lowest BCUT2D eigenvalue weighted by Gasteiger charge is -2.38. The average Bonchev–Trinajstić information content (AvgIpc) is 2.74. The summed E-state index contributed by atoms with van der Waals surface area (Å²) in [5.41, 5.74) is 1.49. The number of carbonyl (C=O) groups is 1. The van der Waals surface area contributed by atoms with Gasteiger partial charge < -0.3 is 10.2 Å². The Hall–Kier alpha value is -2.71. The van der Waals surface area contributed by atoms with E-state index in [1.165, 1.54) is 18.2 Å². The molecule has 1 saturated heterocycles. The summed E-state index contributed by atoms with van der Waals surface area (Å²) in [6.07, 6.45) is 0.632. The Morgan fingerprint density at radius 1 is 1.20 bits per heavy atom. The molecule has 0 radical (unpaired) electrons. The fourth-order valence-electron chi connectivity index (χ4n) is 3.55. The molecule has 0 aromatic heterocycles. The quantitative estimate of drug-likeness (QED) is 0.534. The van der Waals surface area contributed by atoms with Gasteiger partial charge in [0.2, 0.25) is 5.91 Å². The Labute approximate surface area is 179 Å². The standard InChI is InChI=1S/C21H24ClFN4O3/c1-15(21(28)24-9-8-16-2-5-18(23)6-3-16)25-10-12-26(13-11-25)19-7-4-17(22)14-20(19)27(29)30/h2-7,14-15H,8-13H2,1H3,(H,24,28). The number of carbonyl (C=O) groups excluding carboxylic acids is 1. The highest BCUT2D eigenvalue weighted by Gasteiger charge is 2.28. The Balaban J connectivity index is 1.50. The Bertz CT molecular complexity index is 902. The zero-order chi connectivity index (χ0) is 21.7. The van der Waals surface area contributed by atoms with Gasteiger partial charge in [0.25, 0.3) is 5.69 Å². The summed E-state index contributed by atoms with van der Waals surface area (Å²) in [7, 11) is 0. The highest BCUT2D eigenvalue weighted by Crippen LogP contribution is 2.31. The first kappa shape index (κ1) is 22.0. The molecule has 160 valence electrons. The number of benzene rings is 2. The van der Waals surface area contributed by atoms with Crippen molar-refractivity contribution in [2.75, 3.05) is 37.6 Å². The zero-order valence-electron chi connectivity index (χ0n) is 16.7. The van der Waals surface area contributed by atoms with Crippen molar-refractivity contribution in [3.05, 3.63) is 69.0 Å². The lowest BCUT2D eigenvalue weighted by Crippen LogP contribution is -2.54. The largest absolute Gasteiger partial charge is 0.363 e. The van der Waals surface area contributed by atoms with E-state index in [-0.39, 0.29) is 23.5 Å². The molecule has 1 amide bonds. The molecule has 0 aliphatic carbocycles. The summed E-state index contributed by atoms with van der Waals surface area (Å²) in [5, 5.41) is 14.6. The number of piperazine rings is 1. The maximum atomic E-state index is 12.9. The Kier molecular flexibility index (Phi) is 7.23. The SMILES string of the molecule is CC(C(=O)NCCc1ccc(F)cc1)N1CCN(c2ccc(Cl)cc2[N+](=O)[O-])CC1. The first-order chi connectivity index (χ1) is 14.3. The van der Waals surface area contributed by atoms with Crippen molar-refractivity contribution < 1.29 is 14.1 Å². The third kappa shape index (κ3) is 5.46. The van der Waals surface area contributed by atoms with Crippen LogP contribution in [0.15, 0.2) is 42.5 Å². The number of nitro benzene ring substituents is 1. The van der Waals surface area contributed by atoms with Gasteiger partial charge in [-0.3, -0.25) is 19.8 Å². The van der Waals surface area contributed by atoms with Crippen LogP contribution in [0.1, 0.15) is 12.5 Å². The number of halogens is 2. The van der Waals surface area contributed by atoms with E-state index in [4.69, 9.17) is 11.6 Å². The number of nitrogens with zero attached hydrogens (tertiary/aromatic N) is 3. The maximum Gasteiger partial charge on any atom is 0.294 e. The fourth-order valence-corrected chi connectivity index (χ4v) is 3.72. The second-order valence-corrected chi connectivity index (χ2v) is 7.69. The molecular weight excluding hydrogens is 411 g/mol. The van der Waals surface area contributed by atoms with Gasteiger partial charge in [-0.05, 0) is 43.2 Å². The number of anilines is 1. The Morgan fingerprint density at radius 3 is 2.50 bits per heavy atom. The second-order valence-electron chi connectivity index (χ2n) is 7.26. The molecule has 1 heterocycles. The molecule has 1 unspecified atom stereocenters. The highest BCUT2D eigenvalue weighted by molar-refractivity contribution is 6.30. The van der Waals surface area contributed by atoms with Crippen molar-refractivity contribution in [3.63, 3.8) is 0 Å². The molecule has 3 rings (SSSR count). The van der Waals surface area contributed by atoms with Crippen LogP contribution in [0.5, 0.6) is 0 Å². The molecule has 30 heavy (non-hydrogen) atoms. The van der Waals surface area contributed by atoms with Crippen molar-refractivity contribution in [1.29, 1.82) is 0 Å². The summed E-state index contributed by atoms with van der Waals surface area (Å²) < 4.78 is 12.9. The van der Waals surface area contributed by atoms with Crippen LogP contribution >= 0.6 is 11.6 Å². The summed E-state index contributed by atoms with van der Waals surface area (Å²) >= 11 is 5.89. The van der Waals surface area contributed by atoms with E-state index in [1.807, 2.05) is 11.8 Å². The number of hydrogen-bond acceptors (Lipinski definition) is 5. The predicted octanol–water partition coefficient (Wildman–Crippen LogP) is 3.26. The minimum atomic E-state index is -0.426. The van der Waals surface area contributed by atoms with Gasteiger partial charge in [-0.25, -0.2) is 4.39 Å². The van der Waals surface area contributed by atoms with E-state index >= 15 is 0 Å². The summed E-state index contributed by atoms with van der Waals surface area (Å²) in [5.74, 6) is -0.345. The Morgan fingerprint density at radius 2 is 1.87 bits per heavy atom. The van der Waals surface area contributed by atoms with Crippen molar-refractivity contribution in [2.45, 2.75) is 19.4 Å². The minimum absolute atomic E-state index is 0.0115. The summed E-state index contributed by atoms with van der Waals surface area (Å²) in [6.45, 7) is 4.73. The molecule has 0 saturated carbocycles. The molecular formula is C21H24ClFN4O3. The molecule has 0 bridgehead atoms. The van der Waals surface area contributed by atoms with E-state index < -0.39 is 4.92 Å². The lowest BCUT2D eigenvalue weighted by atomic mass is 10.1. The number of amides is 1. The molecule has 1 N–H and O–H groups in total. The molecule has 1 fully saturated rings. The van der Waals surface area contributed by atoms with E-state index in [0.29, 0.717) is 49.9 Å². The third-order valence-electron chi connectivity index (χ3n) is 5.34. The zero-order valence-corrected chi connectivity index (χ0v) is 17.4. The average molecular weight is 435 g/mol. The third-order valence-corrected chi connectivity index (χ3v) is 5.58. The molecule has 2 aromatic carbocycles. The normalized spacial score (nSPS) is 15.6. The number of hydrogen-bond donors (Lipinski definition) is 1. The molecule has 9 heteroatoms. The van der Waals surface area contributed by atoms with Crippen molar-refractivity contribution in [3.8, 4) is 0 Å². The van der Waals surface area contributed by atoms with Crippen LogP contribution in [0.25, 0.3) is 0 Å². The molecule has 7 nitrogen and oxygen atoms in total. The minimum Gasteiger partial charge on any atom is -0.363 e. The first-order valence-corrected chi connectivity index (χ1v) is 10.2. The number of rotatable bonds is 7. The smallest absolute Gasteiger partial charge is 0.294 e. The van der Waals surface area contributed by atoms with Gasteiger partial charge in [0.05, 0.1) is 11.0 Å². The highest BCUT2D eigenvalue weighted by atomic mass is 35.5. The predicted molar refractivity (Wildman–Crippen MR) is 114 cm³/mol. The van der Waals surface area contributed by atoms with Crippen LogP contribution in [0.3, 0.4) is 0 Å². The van der Waals surface area contributed by atoms with Gasteiger partial charge in [0, 0.05) is 43.8 Å². The van der Waals surface area contributed by atoms with Crippen LogP contribution < -0.4 is 10.2 Å². The van der Waals surface area contributed by atoms with E-state index in [9.17, 15) is 19.3 Å². The van der Waals surface area contributed by atoms with Crippen LogP contribution in [0, 0.1) is 15.9 Å². The maximum absolute atomic E-state index is 12.9. The van der Waals surface area contributed by atoms with Gasteiger partial charge >= 0.3 is 0 Å². The molecule has 0 spiro atoms. The molecule has 1 atom stereocenters. The van der Waals surface area contributed by atoms with Gasteiger partial charge in [-0.15, -0.1) is 0 Å².